The maximum atomic E-state index is 4.45. The number of hydrogen-bond acceptors (Lipinski definition) is 1. The fraction of sp³-hybridized carbons (Fsp3) is 1.00. The highest BCUT2D eigenvalue weighted by Crippen LogP contribution is 2.29. The molecule has 1 unspecified atom stereocenters. The van der Waals surface area contributed by atoms with Crippen LogP contribution in [-0.4, -0.2) is 19.3 Å². The van der Waals surface area contributed by atoms with Crippen LogP contribution in [0.25, 0.3) is 0 Å². The molecular formula is C7H13N2. The zero-order valence-electron chi connectivity index (χ0n) is 5.64. The summed E-state index contributed by atoms with van der Waals surface area (Å²) >= 11 is 0. The van der Waals surface area contributed by atoms with Crippen LogP contribution in [0.4, 0.5) is 0 Å². The van der Waals surface area contributed by atoms with Crippen molar-refractivity contribution in [3.8, 4) is 0 Å². The van der Waals surface area contributed by atoms with E-state index in [2.05, 4.69) is 10.6 Å². The SMILES string of the molecule is C1CC(C2[N]CCN2)C1. The number of nitrogens with zero attached hydrogens (tertiary/aromatic N) is 1. The van der Waals surface area contributed by atoms with Gasteiger partial charge in [-0.05, 0) is 18.8 Å². The molecule has 1 heterocycles. The normalized spacial score (nSPS) is 30.7. The van der Waals surface area contributed by atoms with E-state index in [1.165, 1.54) is 19.3 Å². The van der Waals surface area contributed by atoms with Gasteiger partial charge >= 0.3 is 0 Å². The average molecular weight is 125 g/mol. The molecule has 2 rings (SSSR count). The predicted octanol–water partition coefficient (Wildman–Crippen LogP) is 0.320. The molecule has 1 N–H and O–H groups in total. The van der Waals surface area contributed by atoms with Gasteiger partial charge in [-0.25, -0.2) is 5.32 Å². The molecule has 0 bridgehead atoms. The maximum absolute atomic E-state index is 4.45. The van der Waals surface area contributed by atoms with Crippen LogP contribution in [0.15, 0.2) is 0 Å². The average Bonchev–Trinajstić information content (AvgIpc) is 2.11. The van der Waals surface area contributed by atoms with E-state index in [-0.39, 0.29) is 0 Å². The van der Waals surface area contributed by atoms with Gasteiger partial charge in [0.25, 0.3) is 0 Å². The van der Waals surface area contributed by atoms with Gasteiger partial charge in [0.05, 0.1) is 6.17 Å². The van der Waals surface area contributed by atoms with E-state index in [0.29, 0.717) is 6.17 Å². The summed E-state index contributed by atoms with van der Waals surface area (Å²) in [6.07, 6.45) is 4.78. The molecule has 2 aliphatic rings. The summed E-state index contributed by atoms with van der Waals surface area (Å²) in [4.78, 5) is 0. The lowest BCUT2D eigenvalue weighted by Gasteiger charge is -2.30. The van der Waals surface area contributed by atoms with Crippen molar-refractivity contribution < 1.29 is 0 Å². The molecular weight excluding hydrogens is 112 g/mol. The Morgan fingerprint density at radius 1 is 1.33 bits per heavy atom. The first kappa shape index (κ1) is 5.69. The van der Waals surface area contributed by atoms with Gasteiger partial charge in [0.15, 0.2) is 0 Å². The molecule has 0 spiro atoms. The molecule has 1 aliphatic heterocycles. The lowest BCUT2D eigenvalue weighted by Crippen LogP contribution is -2.38. The number of rotatable bonds is 1. The summed E-state index contributed by atoms with van der Waals surface area (Å²) in [6.45, 7) is 2.16. The Hall–Kier alpha value is -0.0800. The van der Waals surface area contributed by atoms with Crippen LogP contribution >= 0.6 is 0 Å². The Labute approximate surface area is 56.0 Å². The Balaban J connectivity index is 1.82. The van der Waals surface area contributed by atoms with Gasteiger partial charge in [-0.15, -0.1) is 0 Å². The first-order valence-electron chi connectivity index (χ1n) is 3.87. The minimum atomic E-state index is 0.541. The van der Waals surface area contributed by atoms with E-state index >= 15 is 0 Å². The molecule has 1 saturated heterocycles. The summed E-state index contributed by atoms with van der Waals surface area (Å²) in [7, 11) is 0. The molecule has 0 aromatic heterocycles. The highest BCUT2D eigenvalue weighted by Gasteiger charge is 2.29. The minimum absolute atomic E-state index is 0.541. The quantitative estimate of drug-likeness (QED) is 0.536. The van der Waals surface area contributed by atoms with Crippen molar-refractivity contribution >= 4 is 0 Å². The molecule has 2 nitrogen and oxygen atoms in total. The van der Waals surface area contributed by atoms with E-state index in [4.69, 9.17) is 0 Å². The molecule has 0 aromatic rings. The topological polar surface area (TPSA) is 26.1 Å². The standard InChI is InChI=1S/C7H13N2/c1-2-6(3-1)7-8-4-5-9-7/h6-8H,1-5H2. The van der Waals surface area contributed by atoms with Crippen LogP contribution in [0.3, 0.4) is 0 Å². The Morgan fingerprint density at radius 3 is 2.67 bits per heavy atom. The highest BCUT2D eigenvalue weighted by atomic mass is 15.2. The van der Waals surface area contributed by atoms with Gasteiger partial charge in [-0.1, -0.05) is 6.42 Å². The van der Waals surface area contributed by atoms with Crippen LogP contribution < -0.4 is 10.6 Å². The third-order valence-corrected chi connectivity index (χ3v) is 2.39. The summed E-state index contributed by atoms with van der Waals surface area (Å²) < 4.78 is 0. The third-order valence-electron chi connectivity index (χ3n) is 2.39. The Kier molecular flexibility index (Phi) is 1.44. The second-order valence-electron chi connectivity index (χ2n) is 3.00. The first-order valence-corrected chi connectivity index (χ1v) is 3.87. The van der Waals surface area contributed by atoms with Crippen molar-refractivity contribution in [1.29, 1.82) is 0 Å². The molecule has 1 atom stereocenters. The van der Waals surface area contributed by atoms with Gasteiger partial charge in [0.2, 0.25) is 0 Å². The van der Waals surface area contributed by atoms with Gasteiger partial charge in [-0.3, -0.25) is 5.32 Å². The highest BCUT2D eigenvalue weighted by molar-refractivity contribution is 4.84. The summed E-state index contributed by atoms with van der Waals surface area (Å²) in [5.74, 6) is 0.896. The van der Waals surface area contributed by atoms with Crippen molar-refractivity contribution in [1.82, 2.24) is 10.6 Å². The van der Waals surface area contributed by atoms with Crippen LogP contribution in [0.1, 0.15) is 19.3 Å². The Morgan fingerprint density at radius 2 is 2.22 bits per heavy atom. The predicted molar refractivity (Wildman–Crippen MR) is 36.1 cm³/mol. The molecule has 1 saturated carbocycles. The zero-order valence-corrected chi connectivity index (χ0v) is 5.64. The fourth-order valence-corrected chi connectivity index (χ4v) is 1.55. The molecule has 1 radical (unpaired) electrons. The monoisotopic (exact) mass is 125 g/mol. The second kappa shape index (κ2) is 2.27. The van der Waals surface area contributed by atoms with Gasteiger partial charge in [0.1, 0.15) is 0 Å². The largest absolute Gasteiger partial charge is 0.299 e. The zero-order chi connectivity index (χ0) is 6.10. The van der Waals surface area contributed by atoms with Gasteiger partial charge in [0, 0.05) is 13.1 Å². The van der Waals surface area contributed by atoms with Gasteiger partial charge in [-0.2, -0.15) is 0 Å². The lowest BCUT2D eigenvalue weighted by molar-refractivity contribution is 0.227. The fourth-order valence-electron chi connectivity index (χ4n) is 1.55. The van der Waals surface area contributed by atoms with Gasteiger partial charge < -0.3 is 0 Å². The molecule has 0 amide bonds. The minimum Gasteiger partial charge on any atom is -0.299 e. The molecule has 51 valence electrons. The van der Waals surface area contributed by atoms with Crippen molar-refractivity contribution in [2.24, 2.45) is 5.92 Å². The van der Waals surface area contributed by atoms with E-state index in [0.717, 1.165) is 19.0 Å². The maximum Gasteiger partial charge on any atom is 0.0765 e. The van der Waals surface area contributed by atoms with E-state index in [1.807, 2.05) is 0 Å². The molecule has 1 aliphatic carbocycles. The van der Waals surface area contributed by atoms with Crippen LogP contribution in [-0.2, 0) is 0 Å². The first-order chi connectivity index (χ1) is 4.47. The van der Waals surface area contributed by atoms with E-state index in [9.17, 15) is 0 Å². The molecule has 2 fully saturated rings. The Bertz CT molecular complexity index is 93.1. The summed E-state index contributed by atoms with van der Waals surface area (Å²) in [6, 6.07) is 0. The van der Waals surface area contributed by atoms with Crippen molar-refractivity contribution in [3.63, 3.8) is 0 Å². The van der Waals surface area contributed by atoms with Crippen LogP contribution in [0.2, 0.25) is 0 Å². The van der Waals surface area contributed by atoms with Crippen molar-refractivity contribution in [3.05, 3.63) is 0 Å². The van der Waals surface area contributed by atoms with Crippen LogP contribution in [0, 0.1) is 5.92 Å². The number of hydrogen-bond donors (Lipinski definition) is 1. The second-order valence-corrected chi connectivity index (χ2v) is 3.00. The molecule has 0 aromatic carbocycles. The number of nitrogens with one attached hydrogen (secondary N) is 1. The summed E-state index contributed by atoms with van der Waals surface area (Å²) in [5, 5.41) is 7.84. The van der Waals surface area contributed by atoms with Crippen molar-refractivity contribution in [2.75, 3.05) is 13.1 Å². The lowest BCUT2D eigenvalue weighted by atomic mass is 9.83. The summed E-state index contributed by atoms with van der Waals surface area (Å²) in [5.41, 5.74) is 0. The third kappa shape index (κ3) is 0.970. The van der Waals surface area contributed by atoms with Crippen LogP contribution in [0.5, 0.6) is 0 Å². The molecule has 2 heteroatoms. The van der Waals surface area contributed by atoms with E-state index < -0.39 is 0 Å². The smallest absolute Gasteiger partial charge is 0.0765 e. The van der Waals surface area contributed by atoms with Crippen molar-refractivity contribution in [2.45, 2.75) is 25.4 Å². The molecule has 9 heavy (non-hydrogen) atoms. The van der Waals surface area contributed by atoms with E-state index in [1.54, 1.807) is 0 Å².